The van der Waals surface area contributed by atoms with Gasteiger partial charge in [0.25, 0.3) is 5.91 Å². The van der Waals surface area contributed by atoms with E-state index in [0.29, 0.717) is 17.2 Å². The fourth-order valence-corrected chi connectivity index (χ4v) is 4.21. The van der Waals surface area contributed by atoms with Crippen LogP contribution in [0, 0.1) is 5.92 Å². The normalized spacial score (nSPS) is 15.8. The van der Waals surface area contributed by atoms with Crippen molar-refractivity contribution in [3.8, 4) is 11.5 Å². The highest BCUT2D eigenvalue weighted by Gasteiger charge is 2.37. The zero-order valence-corrected chi connectivity index (χ0v) is 20.2. The Morgan fingerprint density at radius 1 is 0.917 bits per heavy atom. The number of methoxy groups -OCH3 is 2. The molecule has 0 saturated carbocycles. The maximum absolute atomic E-state index is 12.8. The molecule has 3 aromatic rings. The van der Waals surface area contributed by atoms with E-state index in [1.807, 2.05) is 60.7 Å². The van der Waals surface area contributed by atoms with Gasteiger partial charge in [0.15, 0.2) is 6.61 Å². The summed E-state index contributed by atoms with van der Waals surface area (Å²) in [7, 11) is 3.12. The fraction of sp³-hybridized carbons (Fsp3) is 0.250. The molecule has 0 radical (unpaired) electrons. The Morgan fingerprint density at radius 3 is 2.28 bits per heavy atom. The third kappa shape index (κ3) is 5.66. The number of esters is 1. The average molecular weight is 489 g/mol. The van der Waals surface area contributed by atoms with E-state index in [-0.39, 0.29) is 18.9 Å². The number of carbonyl (C=O) groups is 3. The molecule has 0 aromatic heterocycles. The Hall–Kier alpha value is -4.33. The molecule has 1 aliphatic heterocycles. The van der Waals surface area contributed by atoms with E-state index in [9.17, 15) is 14.4 Å². The summed E-state index contributed by atoms with van der Waals surface area (Å²) in [5, 5.41) is 2.94. The Labute approximate surface area is 209 Å². The van der Waals surface area contributed by atoms with Crippen molar-refractivity contribution in [2.24, 2.45) is 5.92 Å². The second-order valence-electron chi connectivity index (χ2n) is 8.37. The Balaban J connectivity index is 1.38. The first-order chi connectivity index (χ1) is 17.5. The van der Waals surface area contributed by atoms with Crippen LogP contribution in [0.25, 0.3) is 0 Å². The van der Waals surface area contributed by atoms with Gasteiger partial charge in [0.2, 0.25) is 5.91 Å². The van der Waals surface area contributed by atoms with Gasteiger partial charge in [0.05, 0.1) is 31.9 Å². The topological polar surface area (TPSA) is 94.2 Å². The number of nitrogens with one attached hydrogen (secondary N) is 1. The number of anilines is 1. The summed E-state index contributed by atoms with van der Waals surface area (Å²) < 4.78 is 15.9. The molecule has 4 rings (SSSR count). The molecule has 8 heteroatoms. The van der Waals surface area contributed by atoms with E-state index >= 15 is 0 Å². The molecule has 1 heterocycles. The molecule has 0 aliphatic carbocycles. The minimum Gasteiger partial charge on any atom is -0.497 e. The summed E-state index contributed by atoms with van der Waals surface area (Å²) in [4.78, 5) is 39.6. The number of rotatable bonds is 9. The van der Waals surface area contributed by atoms with Gasteiger partial charge in [-0.25, -0.2) is 0 Å². The molecule has 186 valence electrons. The van der Waals surface area contributed by atoms with Gasteiger partial charge in [-0.3, -0.25) is 14.4 Å². The van der Waals surface area contributed by atoms with Gasteiger partial charge in [-0.2, -0.15) is 0 Å². The first-order valence-corrected chi connectivity index (χ1v) is 11.6. The van der Waals surface area contributed by atoms with E-state index < -0.39 is 30.4 Å². The van der Waals surface area contributed by atoms with Crippen LogP contribution in [0.5, 0.6) is 11.5 Å². The van der Waals surface area contributed by atoms with Crippen molar-refractivity contribution in [3.63, 3.8) is 0 Å². The lowest BCUT2D eigenvalue weighted by Crippen LogP contribution is -2.34. The van der Waals surface area contributed by atoms with Gasteiger partial charge in [0, 0.05) is 13.0 Å². The molecule has 2 atom stereocenters. The predicted molar refractivity (Wildman–Crippen MR) is 134 cm³/mol. The van der Waals surface area contributed by atoms with Crippen LogP contribution < -0.4 is 19.7 Å². The molecule has 0 bridgehead atoms. The summed E-state index contributed by atoms with van der Waals surface area (Å²) in [6.45, 7) is -0.282. The van der Waals surface area contributed by atoms with Crippen LogP contribution in [-0.4, -0.2) is 45.2 Å². The molecular formula is C28H28N2O6. The summed E-state index contributed by atoms with van der Waals surface area (Å²) in [5.74, 6) is -0.643. The standard InChI is InChI=1S/C28H28N2O6/c1-34-22-14-12-20(13-15-22)27(19-8-4-3-5-9-19)29-25(31)18-36-28(33)21-16-26(32)30(17-21)23-10-6-7-11-24(23)35-2/h3-15,21,27H,16-18H2,1-2H3,(H,29,31). The molecule has 2 unspecified atom stereocenters. The van der Waals surface area contributed by atoms with Crippen molar-refractivity contribution in [3.05, 3.63) is 90.0 Å². The SMILES string of the molecule is COc1ccc(C(NC(=O)COC(=O)C2CC(=O)N(c3ccccc3OC)C2)c2ccccc2)cc1. The number of nitrogens with zero attached hydrogens (tertiary/aromatic N) is 1. The molecule has 36 heavy (non-hydrogen) atoms. The van der Waals surface area contributed by atoms with Crippen LogP contribution in [0.2, 0.25) is 0 Å². The lowest BCUT2D eigenvalue weighted by molar-refractivity contribution is -0.152. The van der Waals surface area contributed by atoms with Crippen LogP contribution in [0.1, 0.15) is 23.6 Å². The van der Waals surface area contributed by atoms with Crippen molar-refractivity contribution in [2.75, 3.05) is 32.3 Å². The minimum absolute atomic E-state index is 0.0109. The quantitative estimate of drug-likeness (QED) is 0.464. The highest BCUT2D eigenvalue weighted by atomic mass is 16.5. The van der Waals surface area contributed by atoms with Crippen molar-refractivity contribution >= 4 is 23.5 Å². The molecule has 1 N–H and O–H groups in total. The molecule has 1 aliphatic rings. The summed E-state index contributed by atoms with van der Waals surface area (Å²) >= 11 is 0. The fourth-order valence-electron chi connectivity index (χ4n) is 4.21. The van der Waals surface area contributed by atoms with Crippen molar-refractivity contribution in [2.45, 2.75) is 12.5 Å². The first-order valence-electron chi connectivity index (χ1n) is 11.6. The van der Waals surface area contributed by atoms with Gasteiger partial charge >= 0.3 is 5.97 Å². The molecular weight excluding hydrogens is 460 g/mol. The number of hydrogen-bond acceptors (Lipinski definition) is 6. The average Bonchev–Trinajstić information content (AvgIpc) is 3.32. The maximum atomic E-state index is 12.8. The molecule has 0 spiro atoms. The second kappa shape index (κ2) is 11.4. The molecule has 1 saturated heterocycles. The van der Waals surface area contributed by atoms with Gasteiger partial charge in [-0.05, 0) is 35.4 Å². The Kier molecular flexibility index (Phi) is 7.85. The van der Waals surface area contributed by atoms with Crippen molar-refractivity contribution < 1.29 is 28.6 Å². The number of benzene rings is 3. The van der Waals surface area contributed by atoms with Gasteiger partial charge in [-0.1, -0.05) is 54.6 Å². The van der Waals surface area contributed by atoms with Crippen molar-refractivity contribution in [1.29, 1.82) is 0 Å². The van der Waals surface area contributed by atoms with Gasteiger partial charge < -0.3 is 24.4 Å². The van der Waals surface area contributed by atoms with E-state index in [1.54, 1.807) is 25.3 Å². The van der Waals surface area contributed by atoms with E-state index in [2.05, 4.69) is 5.32 Å². The summed E-state index contributed by atoms with van der Waals surface area (Å²) in [5.41, 5.74) is 2.34. The smallest absolute Gasteiger partial charge is 0.311 e. The van der Waals surface area contributed by atoms with E-state index in [4.69, 9.17) is 14.2 Å². The van der Waals surface area contributed by atoms with Crippen LogP contribution in [0.15, 0.2) is 78.9 Å². The number of amides is 2. The van der Waals surface area contributed by atoms with E-state index in [1.165, 1.54) is 12.0 Å². The molecule has 2 amide bonds. The number of carbonyl (C=O) groups excluding carboxylic acids is 3. The highest BCUT2D eigenvalue weighted by Crippen LogP contribution is 2.33. The molecule has 1 fully saturated rings. The lowest BCUT2D eigenvalue weighted by Gasteiger charge is -2.21. The third-order valence-electron chi connectivity index (χ3n) is 6.07. The summed E-state index contributed by atoms with van der Waals surface area (Å²) in [6, 6.07) is 23.6. The van der Waals surface area contributed by atoms with Gasteiger partial charge in [0.1, 0.15) is 11.5 Å². The first kappa shape index (κ1) is 24.8. The Bertz CT molecular complexity index is 1210. The Morgan fingerprint density at radius 2 is 1.58 bits per heavy atom. The van der Waals surface area contributed by atoms with Crippen molar-refractivity contribution in [1.82, 2.24) is 5.32 Å². The van der Waals surface area contributed by atoms with Gasteiger partial charge in [-0.15, -0.1) is 0 Å². The monoisotopic (exact) mass is 488 g/mol. The molecule has 3 aromatic carbocycles. The second-order valence-corrected chi connectivity index (χ2v) is 8.37. The minimum atomic E-state index is -0.665. The molecule has 8 nitrogen and oxygen atoms in total. The predicted octanol–water partition coefficient (Wildman–Crippen LogP) is 3.51. The van der Waals surface area contributed by atoms with Crippen LogP contribution in [-0.2, 0) is 19.1 Å². The third-order valence-corrected chi connectivity index (χ3v) is 6.07. The summed E-state index contributed by atoms with van der Waals surface area (Å²) in [6.07, 6.45) is 0.0109. The zero-order valence-electron chi connectivity index (χ0n) is 20.2. The highest BCUT2D eigenvalue weighted by molar-refractivity contribution is 6.00. The van der Waals surface area contributed by atoms with Crippen LogP contribution >= 0.6 is 0 Å². The van der Waals surface area contributed by atoms with Crippen LogP contribution in [0.4, 0.5) is 5.69 Å². The number of hydrogen-bond donors (Lipinski definition) is 1. The van der Waals surface area contributed by atoms with E-state index in [0.717, 1.165) is 11.1 Å². The maximum Gasteiger partial charge on any atom is 0.311 e. The van der Waals surface area contributed by atoms with Crippen LogP contribution in [0.3, 0.4) is 0 Å². The zero-order chi connectivity index (χ0) is 25.5. The largest absolute Gasteiger partial charge is 0.497 e. The number of para-hydroxylation sites is 2. The number of ether oxygens (including phenoxy) is 3. The lowest BCUT2D eigenvalue weighted by atomic mass is 9.98.